The van der Waals surface area contributed by atoms with Crippen molar-refractivity contribution in [1.82, 2.24) is 10.2 Å². The first-order valence-electron chi connectivity index (χ1n) is 8.50. The molecule has 2 heterocycles. The summed E-state index contributed by atoms with van der Waals surface area (Å²) in [6.07, 6.45) is 0.249. The Labute approximate surface area is 166 Å². The number of hydrogen-bond donors (Lipinski definition) is 1. The zero-order chi connectivity index (χ0) is 18.7. The van der Waals surface area contributed by atoms with Crippen LogP contribution in [0.15, 0.2) is 46.3 Å². The van der Waals surface area contributed by atoms with Gasteiger partial charge in [-0.25, -0.2) is 0 Å². The van der Waals surface area contributed by atoms with Crippen LogP contribution in [0, 0.1) is 5.92 Å². The van der Waals surface area contributed by atoms with Crippen LogP contribution >= 0.6 is 27.3 Å². The van der Waals surface area contributed by atoms with Crippen molar-refractivity contribution in [3.05, 3.63) is 51.1 Å². The predicted octanol–water partition coefficient (Wildman–Crippen LogP) is 3.28. The van der Waals surface area contributed by atoms with Gasteiger partial charge in [-0.05, 0) is 53.6 Å². The van der Waals surface area contributed by atoms with Crippen molar-refractivity contribution in [2.45, 2.75) is 12.5 Å². The molecule has 1 aromatic carbocycles. The topological polar surface area (TPSA) is 52.7 Å². The second-order valence-electron chi connectivity index (χ2n) is 6.60. The number of nitrogens with zero attached hydrogens (tertiary/aromatic N) is 2. The van der Waals surface area contributed by atoms with Gasteiger partial charge in [0.2, 0.25) is 11.8 Å². The Kier molecular flexibility index (Phi) is 6.11. The first-order chi connectivity index (χ1) is 12.5. The van der Waals surface area contributed by atoms with E-state index >= 15 is 0 Å². The molecule has 0 radical (unpaired) electrons. The maximum absolute atomic E-state index is 12.6. The maximum Gasteiger partial charge on any atom is 0.227 e. The Morgan fingerprint density at radius 1 is 1.35 bits per heavy atom. The predicted molar refractivity (Wildman–Crippen MR) is 108 cm³/mol. The first kappa shape index (κ1) is 19.1. The highest BCUT2D eigenvalue weighted by molar-refractivity contribution is 9.10. The highest BCUT2D eigenvalue weighted by Crippen LogP contribution is 2.31. The zero-order valence-electron chi connectivity index (χ0n) is 14.8. The summed E-state index contributed by atoms with van der Waals surface area (Å²) in [5.74, 6) is -0.392. The van der Waals surface area contributed by atoms with Crippen molar-refractivity contribution in [2.75, 3.05) is 32.1 Å². The van der Waals surface area contributed by atoms with E-state index < -0.39 is 0 Å². The molecule has 1 aromatic heterocycles. The van der Waals surface area contributed by atoms with Crippen LogP contribution in [0.4, 0.5) is 5.69 Å². The Bertz CT molecular complexity index is 779. The summed E-state index contributed by atoms with van der Waals surface area (Å²) >= 11 is 5.16. The minimum atomic E-state index is -0.319. The van der Waals surface area contributed by atoms with Gasteiger partial charge in [-0.2, -0.15) is 0 Å². The average molecular weight is 436 g/mol. The van der Waals surface area contributed by atoms with Gasteiger partial charge in [-0.15, -0.1) is 11.3 Å². The largest absolute Gasteiger partial charge is 0.354 e. The summed E-state index contributed by atoms with van der Waals surface area (Å²) in [7, 11) is 4.01. The smallest absolute Gasteiger partial charge is 0.227 e. The molecule has 1 fully saturated rings. The van der Waals surface area contributed by atoms with Crippen molar-refractivity contribution in [2.24, 2.45) is 5.92 Å². The number of nitrogens with one attached hydrogen (secondary N) is 1. The third-order valence-corrected chi connectivity index (χ3v) is 6.25. The van der Waals surface area contributed by atoms with Gasteiger partial charge in [-0.1, -0.05) is 18.2 Å². The molecule has 2 aromatic rings. The highest BCUT2D eigenvalue weighted by Gasteiger charge is 2.36. The number of carbonyl (C=O) groups is 2. The Morgan fingerprint density at radius 2 is 2.12 bits per heavy atom. The third-order valence-electron chi connectivity index (χ3n) is 4.60. The summed E-state index contributed by atoms with van der Waals surface area (Å²) < 4.78 is 0.861. The molecule has 5 nitrogen and oxygen atoms in total. The van der Waals surface area contributed by atoms with Crippen molar-refractivity contribution >= 4 is 44.8 Å². The molecule has 2 amide bonds. The number of likely N-dealkylation sites (N-methyl/N-ethyl adjacent to an activating group) is 1. The minimum absolute atomic E-state index is 0.0144. The fourth-order valence-electron chi connectivity index (χ4n) is 3.15. The number of rotatable bonds is 6. The number of carbonyl (C=O) groups excluding carboxylic acids is 2. The Morgan fingerprint density at radius 3 is 2.77 bits per heavy atom. The van der Waals surface area contributed by atoms with Crippen LogP contribution in [-0.2, 0) is 9.59 Å². The summed E-state index contributed by atoms with van der Waals surface area (Å²) in [5.41, 5.74) is 0.817. The number of benzene rings is 1. The van der Waals surface area contributed by atoms with Crippen LogP contribution in [0.3, 0.4) is 0 Å². The van der Waals surface area contributed by atoms with E-state index in [1.807, 2.05) is 49.8 Å². The molecular formula is C19H22BrN3O2S. The number of hydrogen-bond acceptors (Lipinski definition) is 4. The molecule has 1 aliphatic rings. The molecule has 7 heteroatoms. The van der Waals surface area contributed by atoms with Crippen molar-refractivity contribution in [3.63, 3.8) is 0 Å². The van der Waals surface area contributed by atoms with E-state index in [-0.39, 0.29) is 30.2 Å². The minimum Gasteiger partial charge on any atom is -0.354 e. The van der Waals surface area contributed by atoms with Gasteiger partial charge < -0.3 is 15.1 Å². The zero-order valence-corrected chi connectivity index (χ0v) is 17.2. The first-order valence-corrected chi connectivity index (χ1v) is 10.2. The summed E-state index contributed by atoms with van der Waals surface area (Å²) in [4.78, 5) is 30.0. The van der Waals surface area contributed by atoms with Gasteiger partial charge in [0.1, 0.15) is 0 Å². The van der Waals surface area contributed by atoms with E-state index in [1.54, 1.807) is 16.2 Å². The number of para-hydroxylation sites is 1. The standard InChI is InChI=1S/C19H22BrN3O2S/c1-22(2)16(17-8-5-9-26-17)11-21-19(25)13-10-18(24)23(12-13)15-7-4-3-6-14(15)20/h3-9,13,16H,10-12H2,1-2H3,(H,21,25)/t13-,16+/m0/s1. The van der Waals surface area contributed by atoms with Crippen molar-refractivity contribution < 1.29 is 9.59 Å². The van der Waals surface area contributed by atoms with Crippen LogP contribution in [0.2, 0.25) is 0 Å². The van der Waals surface area contributed by atoms with E-state index in [2.05, 4.69) is 32.2 Å². The summed E-state index contributed by atoms with van der Waals surface area (Å²) in [6, 6.07) is 11.8. The maximum atomic E-state index is 12.6. The molecule has 0 unspecified atom stereocenters. The van der Waals surface area contributed by atoms with Crippen LogP contribution in [-0.4, -0.2) is 43.9 Å². The van der Waals surface area contributed by atoms with Gasteiger partial charge in [0.15, 0.2) is 0 Å². The van der Waals surface area contributed by atoms with Crippen LogP contribution in [0.1, 0.15) is 17.3 Å². The molecule has 0 aliphatic carbocycles. The molecule has 3 rings (SSSR count). The van der Waals surface area contributed by atoms with Crippen molar-refractivity contribution in [3.8, 4) is 0 Å². The normalized spacial score (nSPS) is 18.4. The van der Waals surface area contributed by atoms with Gasteiger partial charge in [-0.3, -0.25) is 9.59 Å². The fraction of sp³-hybridized carbons (Fsp3) is 0.368. The Balaban J connectivity index is 1.62. The fourth-order valence-corrected chi connectivity index (χ4v) is 4.57. The number of amides is 2. The van der Waals surface area contributed by atoms with E-state index in [9.17, 15) is 9.59 Å². The molecule has 2 atom stereocenters. The van der Waals surface area contributed by atoms with Crippen LogP contribution in [0.5, 0.6) is 0 Å². The van der Waals surface area contributed by atoms with Gasteiger partial charge >= 0.3 is 0 Å². The molecular weight excluding hydrogens is 414 g/mol. The molecule has 1 N–H and O–H groups in total. The number of anilines is 1. The lowest BCUT2D eigenvalue weighted by Crippen LogP contribution is -2.38. The molecule has 0 saturated carbocycles. The molecule has 0 bridgehead atoms. The number of thiophene rings is 1. The highest BCUT2D eigenvalue weighted by atomic mass is 79.9. The van der Waals surface area contributed by atoms with E-state index in [1.165, 1.54) is 4.88 Å². The lowest BCUT2D eigenvalue weighted by molar-refractivity contribution is -0.126. The number of halogens is 1. The molecule has 1 aliphatic heterocycles. The van der Waals surface area contributed by atoms with E-state index in [0.29, 0.717) is 13.1 Å². The SMILES string of the molecule is CN(C)[C@H](CNC(=O)[C@H]1CC(=O)N(c2ccccc2Br)C1)c1cccs1. The van der Waals surface area contributed by atoms with Gasteiger partial charge in [0.25, 0.3) is 0 Å². The molecule has 138 valence electrons. The quantitative estimate of drug-likeness (QED) is 0.757. The van der Waals surface area contributed by atoms with Crippen molar-refractivity contribution in [1.29, 1.82) is 0 Å². The second-order valence-corrected chi connectivity index (χ2v) is 8.43. The van der Waals surface area contributed by atoms with E-state index in [0.717, 1.165) is 10.2 Å². The van der Waals surface area contributed by atoms with Gasteiger partial charge in [0.05, 0.1) is 17.6 Å². The second kappa shape index (κ2) is 8.33. The van der Waals surface area contributed by atoms with Gasteiger partial charge in [0, 0.05) is 28.9 Å². The Hall–Kier alpha value is -1.70. The third kappa shape index (κ3) is 4.16. The molecule has 26 heavy (non-hydrogen) atoms. The van der Waals surface area contributed by atoms with E-state index in [4.69, 9.17) is 0 Å². The van der Waals surface area contributed by atoms with Crippen LogP contribution in [0.25, 0.3) is 0 Å². The lowest BCUT2D eigenvalue weighted by Gasteiger charge is -2.24. The monoisotopic (exact) mass is 435 g/mol. The average Bonchev–Trinajstić information content (AvgIpc) is 3.25. The lowest BCUT2D eigenvalue weighted by atomic mass is 10.1. The molecule has 1 saturated heterocycles. The summed E-state index contributed by atoms with van der Waals surface area (Å²) in [5, 5.41) is 5.08. The molecule has 0 spiro atoms. The summed E-state index contributed by atoms with van der Waals surface area (Å²) in [6.45, 7) is 0.949. The van der Waals surface area contributed by atoms with Crippen LogP contribution < -0.4 is 10.2 Å².